The lowest BCUT2D eigenvalue weighted by Gasteiger charge is -2.02. The summed E-state index contributed by atoms with van der Waals surface area (Å²) in [7, 11) is 0. The predicted molar refractivity (Wildman–Crippen MR) is 101 cm³/mol. The van der Waals surface area contributed by atoms with E-state index in [1.807, 2.05) is 79.7 Å². The Kier molecular flexibility index (Phi) is 5.94. The van der Waals surface area contributed by atoms with Crippen molar-refractivity contribution in [2.45, 2.75) is 16.7 Å². The van der Waals surface area contributed by atoms with Crippen LogP contribution in [0.25, 0.3) is 0 Å². The van der Waals surface area contributed by atoms with Crippen molar-refractivity contribution < 1.29 is 0 Å². The first kappa shape index (κ1) is 16.8. The largest absolute Gasteiger partial charge is 0.399 e. The highest BCUT2D eigenvalue weighted by molar-refractivity contribution is 7.99. The number of benzene rings is 3. The van der Waals surface area contributed by atoms with Crippen LogP contribution in [0.5, 0.6) is 0 Å². The van der Waals surface area contributed by atoms with E-state index in [9.17, 15) is 0 Å². The summed E-state index contributed by atoms with van der Waals surface area (Å²) in [6.45, 7) is 2.00. The molecule has 0 saturated heterocycles. The quantitative estimate of drug-likeness (QED) is 0.603. The van der Waals surface area contributed by atoms with Crippen molar-refractivity contribution in [3.05, 3.63) is 78.4 Å². The van der Waals surface area contributed by atoms with Crippen LogP contribution in [-0.4, -0.2) is 0 Å². The highest BCUT2D eigenvalue weighted by Gasteiger charge is 1.96. The lowest BCUT2D eigenvalue weighted by atomic mass is 10.2. The Bertz CT molecular complexity index is 673. The zero-order valence-corrected chi connectivity index (χ0v) is 13.9. The lowest BCUT2D eigenvalue weighted by Crippen LogP contribution is -1.85. The van der Waals surface area contributed by atoms with E-state index in [2.05, 4.69) is 0 Å². The van der Waals surface area contributed by atoms with Crippen molar-refractivity contribution in [2.24, 2.45) is 0 Å². The van der Waals surface area contributed by atoms with E-state index >= 15 is 0 Å². The lowest BCUT2D eigenvalue weighted by molar-refractivity contribution is 1.41. The Morgan fingerprint density at radius 3 is 1.39 bits per heavy atom. The van der Waals surface area contributed by atoms with Gasteiger partial charge in [0.05, 0.1) is 0 Å². The van der Waals surface area contributed by atoms with Crippen molar-refractivity contribution in [3.63, 3.8) is 0 Å². The molecule has 0 aliphatic heterocycles. The van der Waals surface area contributed by atoms with Gasteiger partial charge in [0.25, 0.3) is 0 Å². The molecular formula is C19H21N3S. The third-order valence-corrected chi connectivity index (χ3v) is 4.20. The van der Waals surface area contributed by atoms with Crippen LogP contribution in [0, 0.1) is 6.92 Å². The third kappa shape index (κ3) is 5.60. The van der Waals surface area contributed by atoms with Gasteiger partial charge in [0.1, 0.15) is 0 Å². The number of para-hydroxylation sites is 1. The molecule has 0 radical (unpaired) electrons. The molecule has 0 atom stereocenters. The number of hydrogen-bond donors (Lipinski definition) is 3. The van der Waals surface area contributed by atoms with E-state index in [1.54, 1.807) is 11.8 Å². The van der Waals surface area contributed by atoms with Gasteiger partial charge >= 0.3 is 0 Å². The summed E-state index contributed by atoms with van der Waals surface area (Å²) in [6.07, 6.45) is 0. The second kappa shape index (κ2) is 8.15. The van der Waals surface area contributed by atoms with E-state index in [-0.39, 0.29) is 0 Å². The van der Waals surface area contributed by atoms with Crippen molar-refractivity contribution in [3.8, 4) is 0 Å². The van der Waals surface area contributed by atoms with Gasteiger partial charge in [-0.05, 0) is 67.1 Å². The smallest absolute Gasteiger partial charge is 0.0343 e. The molecule has 3 aromatic rings. The van der Waals surface area contributed by atoms with Crippen molar-refractivity contribution in [2.75, 3.05) is 17.2 Å². The summed E-state index contributed by atoms with van der Waals surface area (Å²) < 4.78 is 0. The molecule has 0 spiro atoms. The van der Waals surface area contributed by atoms with Crippen LogP contribution in [0.4, 0.5) is 17.1 Å². The topological polar surface area (TPSA) is 78.1 Å². The van der Waals surface area contributed by atoms with E-state index < -0.39 is 0 Å². The molecule has 0 saturated carbocycles. The highest BCUT2D eigenvalue weighted by Crippen LogP contribution is 2.28. The van der Waals surface area contributed by atoms with E-state index in [0.717, 1.165) is 22.6 Å². The fourth-order valence-corrected chi connectivity index (χ4v) is 2.61. The second-order valence-corrected chi connectivity index (χ2v) is 6.24. The minimum absolute atomic E-state index is 0.789. The van der Waals surface area contributed by atoms with Crippen LogP contribution < -0.4 is 17.2 Å². The van der Waals surface area contributed by atoms with Gasteiger partial charge in [-0.25, -0.2) is 0 Å². The number of aryl methyl sites for hydroxylation is 1. The van der Waals surface area contributed by atoms with Gasteiger partial charge in [0.2, 0.25) is 0 Å². The Hall–Kier alpha value is -2.59. The van der Waals surface area contributed by atoms with Crippen LogP contribution in [0.2, 0.25) is 0 Å². The summed E-state index contributed by atoms with van der Waals surface area (Å²) in [4.78, 5) is 2.35. The number of rotatable bonds is 2. The van der Waals surface area contributed by atoms with E-state index in [1.165, 1.54) is 9.79 Å². The monoisotopic (exact) mass is 323 g/mol. The molecule has 0 fully saturated rings. The minimum Gasteiger partial charge on any atom is -0.399 e. The van der Waals surface area contributed by atoms with E-state index in [4.69, 9.17) is 17.2 Å². The normalized spacial score (nSPS) is 9.78. The molecule has 0 amide bonds. The molecule has 23 heavy (non-hydrogen) atoms. The van der Waals surface area contributed by atoms with Crippen LogP contribution in [-0.2, 0) is 0 Å². The van der Waals surface area contributed by atoms with E-state index in [0.29, 0.717) is 0 Å². The third-order valence-electron chi connectivity index (χ3n) is 3.18. The van der Waals surface area contributed by atoms with Crippen LogP contribution >= 0.6 is 11.8 Å². The molecule has 0 unspecified atom stereocenters. The Morgan fingerprint density at radius 1 is 0.609 bits per heavy atom. The molecule has 0 aliphatic carbocycles. The zero-order valence-electron chi connectivity index (χ0n) is 13.1. The number of hydrogen-bond acceptors (Lipinski definition) is 4. The molecule has 3 rings (SSSR count). The van der Waals surface area contributed by atoms with Gasteiger partial charge in [-0.2, -0.15) is 0 Å². The first-order valence-electron chi connectivity index (χ1n) is 7.24. The summed E-state index contributed by atoms with van der Waals surface area (Å²) in [5.41, 5.74) is 20.3. The maximum Gasteiger partial charge on any atom is 0.0343 e. The summed E-state index contributed by atoms with van der Waals surface area (Å²) in [6, 6.07) is 23.5. The minimum atomic E-state index is 0.789. The molecular weight excluding hydrogens is 302 g/mol. The van der Waals surface area contributed by atoms with Crippen molar-refractivity contribution in [1.29, 1.82) is 0 Å². The van der Waals surface area contributed by atoms with Gasteiger partial charge in [0, 0.05) is 26.9 Å². The maximum atomic E-state index is 5.61. The first-order valence-corrected chi connectivity index (χ1v) is 8.06. The van der Waals surface area contributed by atoms with Gasteiger partial charge in [-0.15, -0.1) is 0 Å². The van der Waals surface area contributed by atoms with Gasteiger partial charge in [0.15, 0.2) is 0 Å². The molecule has 3 nitrogen and oxygen atoms in total. The maximum absolute atomic E-state index is 5.61. The fraction of sp³-hybridized carbons (Fsp3) is 0.0526. The Morgan fingerprint density at radius 2 is 1.04 bits per heavy atom. The molecule has 118 valence electrons. The van der Waals surface area contributed by atoms with Gasteiger partial charge in [-0.1, -0.05) is 30.0 Å². The molecule has 6 N–H and O–H groups in total. The van der Waals surface area contributed by atoms with Crippen LogP contribution in [0.15, 0.2) is 82.6 Å². The van der Waals surface area contributed by atoms with Gasteiger partial charge < -0.3 is 17.2 Å². The zero-order chi connectivity index (χ0) is 16.7. The average molecular weight is 323 g/mol. The number of nitrogen functional groups attached to an aromatic ring is 3. The second-order valence-electron chi connectivity index (χ2n) is 5.10. The number of anilines is 3. The summed E-state index contributed by atoms with van der Waals surface area (Å²) >= 11 is 1.69. The van der Waals surface area contributed by atoms with Crippen LogP contribution in [0.3, 0.4) is 0 Å². The molecule has 4 heteroatoms. The van der Waals surface area contributed by atoms with Crippen molar-refractivity contribution >= 4 is 28.8 Å². The Balaban J connectivity index is 0.000000203. The molecule has 3 aromatic carbocycles. The van der Waals surface area contributed by atoms with Crippen LogP contribution in [0.1, 0.15) is 5.56 Å². The van der Waals surface area contributed by atoms with Gasteiger partial charge in [-0.3, -0.25) is 0 Å². The summed E-state index contributed by atoms with van der Waals surface area (Å²) in [5, 5.41) is 0. The average Bonchev–Trinajstić information content (AvgIpc) is 2.55. The molecule has 0 heterocycles. The van der Waals surface area contributed by atoms with Crippen molar-refractivity contribution in [1.82, 2.24) is 0 Å². The highest BCUT2D eigenvalue weighted by atomic mass is 32.2. The molecule has 0 aliphatic rings. The first-order chi connectivity index (χ1) is 11.0. The fourth-order valence-electron chi connectivity index (χ4n) is 1.79. The Labute approximate surface area is 141 Å². The predicted octanol–water partition coefficient (Wildman–Crippen LogP) is 4.58. The molecule has 0 bridgehead atoms. The number of nitrogens with two attached hydrogens (primary N) is 3. The molecule has 0 aromatic heterocycles. The standard InChI is InChI=1S/C12H12N2S.C7H9N/c13-9-1-5-11(6-2-9)15-12-7-3-10(14)4-8-12;1-6-4-2-3-5-7(6)8/h1-8H,13-14H2;2-5H,8H2,1H3. The SMILES string of the molecule is Cc1ccccc1N.Nc1ccc(Sc2ccc(N)cc2)cc1. The summed E-state index contributed by atoms with van der Waals surface area (Å²) in [5.74, 6) is 0.